The second-order valence-corrected chi connectivity index (χ2v) is 7.54. The predicted molar refractivity (Wildman–Crippen MR) is 116 cm³/mol. The van der Waals surface area contributed by atoms with Crippen LogP contribution >= 0.6 is 0 Å². The average Bonchev–Trinajstić information content (AvgIpc) is 2.82. The summed E-state index contributed by atoms with van der Waals surface area (Å²) in [6.07, 6.45) is 2.90. The van der Waals surface area contributed by atoms with Crippen LogP contribution in [0.25, 0.3) is 0 Å². The number of carbonyl (C=O) groups excluding carboxylic acids is 1. The summed E-state index contributed by atoms with van der Waals surface area (Å²) in [6, 6.07) is 31.3. The Morgan fingerprint density at radius 2 is 1.24 bits per heavy atom. The van der Waals surface area contributed by atoms with Crippen molar-refractivity contribution in [3.05, 3.63) is 108 Å². The summed E-state index contributed by atoms with van der Waals surface area (Å²) >= 11 is 0. The number of hydrogen-bond donors (Lipinski definition) is 0. The summed E-state index contributed by atoms with van der Waals surface area (Å²) in [7, 11) is 1.49. The lowest BCUT2D eigenvalue weighted by atomic mass is 9.73. The van der Waals surface area contributed by atoms with Crippen LogP contribution < -0.4 is 0 Å². The normalized spacial score (nSPS) is 17.6. The van der Waals surface area contributed by atoms with Crippen molar-refractivity contribution >= 4 is 5.97 Å². The molecule has 4 rings (SSSR count). The molecule has 0 unspecified atom stereocenters. The van der Waals surface area contributed by atoms with Crippen LogP contribution in [0.2, 0.25) is 0 Å². The summed E-state index contributed by atoms with van der Waals surface area (Å²) in [4.78, 5) is 15.2. The summed E-state index contributed by atoms with van der Waals surface area (Å²) in [5.41, 5.74) is 2.91. The van der Waals surface area contributed by atoms with E-state index in [1.165, 1.54) is 7.11 Å². The van der Waals surface area contributed by atoms with Gasteiger partial charge in [0.1, 0.15) is 6.04 Å². The van der Waals surface area contributed by atoms with Crippen LogP contribution in [0.3, 0.4) is 0 Å². The maximum atomic E-state index is 12.9. The molecule has 148 valence electrons. The van der Waals surface area contributed by atoms with Crippen LogP contribution in [0.5, 0.6) is 0 Å². The molecule has 1 fully saturated rings. The molecule has 0 bridgehead atoms. The van der Waals surface area contributed by atoms with E-state index in [4.69, 9.17) is 4.74 Å². The number of hydrogen-bond acceptors (Lipinski definition) is 3. The number of likely N-dealkylation sites (tertiary alicyclic amines) is 1. The molecule has 0 amide bonds. The van der Waals surface area contributed by atoms with Gasteiger partial charge in [-0.05, 0) is 29.5 Å². The Balaban J connectivity index is 2.04. The van der Waals surface area contributed by atoms with E-state index in [-0.39, 0.29) is 12.0 Å². The summed E-state index contributed by atoms with van der Waals surface area (Å²) in [5.74, 6) is -0.156. The minimum atomic E-state index is -0.566. The lowest BCUT2D eigenvalue weighted by Crippen LogP contribution is -2.57. The molecule has 3 heteroatoms. The fourth-order valence-corrected chi connectivity index (χ4v) is 4.75. The van der Waals surface area contributed by atoms with E-state index in [1.54, 1.807) is 0 Å². The number of nitrogens with zero attached hydrogens (tertiary/aromatic N) is 1. The van der Waals surface area contributed by atoms with Gasteiger partial charge in [-0.2, -0.15) is 0 Å². The molecule has 1 aliphatic heterocycles. The zero-order chi connectivity index (χ0) is 20.1. The van der Waals surface area contributed by atoms with Gasteiger partial charge in [-0.1, -0.05) is 97.4 Å². The number of methoxy groups -OCH3 is 1. The topological polar surface area (TPSA) is 29.5 Å². The molecule has 0 radical (unpaired) electrons. The fraction of sp³-hybridized carbons (Fsp3) is 0.269. The summed E-state index contributed by atoms with van der Waals surface area (Å²) in [6.45, 7) is 0.832. The van der Waals surface area contributed by atoms with Crippen molar-refractivity contribution in [2.75, 3.05) is 13.7 Å². The number of esters is 1. The molecule has 0 saturated carbocycles. The van der Waals surface area contributed by atoms with Crippen LogP contribution in [0.15, 0.2) is 91.0 Å². The quantitative estimate of drug-likeness (QED) is 0.457. The molecule has 1 saturated heterocycles. The summed E-state index contributed by atoms with van der Waals surface area (Å²) in [5, 5.41) is 0. The van der Waals surface area contributed by atoms with Gasteiger partial charge in [0.15, 0.2) is 0 Å². The van der Waals surface area contributed by atoms with E-state index in [1.807, 2.05) is 18.2 Å². The molecular weight excluding hydrogens is 358 g/mol. The van der Waals surface area contributed by atoms with Crippen LogP contribution in [-0.4, -0.2) is 30.6 Å². The first kappa shape index (κ1) is 19.4. The number of benzene rings is 3. The van der Waals surface area contributed by atoms with Crippen molar-refractivity contribution in [2.24, 2.45) is 0 Å². The smallest absolute Gasteiger partial charge is 0.323 e. The molecule has 0 N–H and O–H groups in total. The third-order valence-electron chi connectivity index (χ3n) is 5.98. The van der Waals surface area contributed by atoms with Gasteiger partial charge < -0.3 is 4.74 Å². The zero-order valence-corrected chi connectivity index (χ0v) is 16.8. The van der Waals surface area contributed by atoms with Crippen LogP contribution in [-0.2, 0) is 15.1 Å². The molecule has 3 aromatic rings. The molecule has 1 atom stereocenters. The second-order valence-electron chi connectivity index (χ2n) is 7.54. The Bertz CT molecular complexity index is 828. The Hall–Kier alpha value is -2.91. The zero-order valence-electron chi connectivity index (χ0n) is 16.8. The Morgan fingerprint density at radius 1 is 0.793 bits per heavy atom. The molecule has 0 aromatic heterocycles. The van der Waals surface area contributed by atoms with Gasteiger partial charge in [-0.15, -0.1) is 0 Å². The molecule has 3 aromatic carbocycles. The standard InChI is InChI=1S/C26H27NO2/c1-29-25(28)24-19-11-12-20-27(24)26(21-13-5-2-6-14-21,22-15-7-3-8-16-22)23-17-9-4-10-18-23/h2-10,13-18,24H,11-12,19-20H2,1H3/t24-/m1/s1. The molecule has 0 spiro atoms. The van der Waals surface area contributed by atoms with Gasteiger partial charge in [-0.25, -0.2) is 0 Å². The van der Waals surface area contributed by atoms with Crippen molar-refractivity contribution in [1.82, 2.24) is 4.90 Å². The van der Waals surface area contributed by atoms with Crippen molar-refractivity contribution in [2.45, 2.75) is 30.8 Å². The minimum absolute atomic E-state index is 0.156. The number of piperidine rings is 1. The molecule has 3 nitrogen and oxygen atoms in total. The first-order valence-corrected chi connectivity index (χ1v) is 10.3. The fourth-order valence-electron chi connectivity index (χ4n) is 4.75. The summed E-state index contributed by atoms with van der Waals surface area (Å²) < 4.78 is 5.24. The average molecular weight is 386 g/mol. The highest BCUT2D eigenvalue weighted by Gasteiger charge is 2.47. The molecule has 29 heavy (non-hydrogen) atoms. The SMILES string of the molecule is COC(=O)[C@H]1CCCCN1C(c1ccccc1)(c1ccccc1)c1ccccc1. The van der Waals surface area contributed by atoms with E-state index < -0.39 is 5.54 Å². The maximum absolute atomic E-state index is 12.9. The van der Waals surface area contributed by atoms with E-state index >= 15 is 0 Å². The van der Waals surface area contributed by atoms with Gasteiger partial charge in [-0.3, -0.25) is 9.69 Å². The third kappa shape index (κ3) is 3.47. The predicted octanol–water partition coefficient (Wildman–Crippen LogP) is 5.01. The van der Waals surface area contributed by atoms with Gasteiger partial charge in [0.2, 0.25) is 0 Å². The number of ether oxygens (including phenoxy) is 1. The van der Waals surface area contributed by atoms with Crippen LogP contribution in [0.4, 0.5) is 0 Å². The third-order valence-corrected chi connectivity index (χ3v) is 5.98. The first-order chi connectivity index (χ1) is 14.3. The van der Waals surface area contributed by atoms with Gasteiger partial charge in [0, 0.05) is 6.54 Å². The molecule has 0 aliphatic carbocycles. The lowest BCUT2D eigenvalue weighted by Gasteiger charge is -2.50. The minimum Gasteiger partial charge on any atom is -0.468 e. The highest BCUT2D eigenvalue weighted by atomic mass is 16.5. The molecule has 1 heterocycles. The van der Waals surface area contributed by atoms with E-state index in [9.17, 15) is 4.79 Å². The maximum Gasteiger partial charge on any atom is 0.323 e. The van der Waals surface area contributed by atoms with Crippen molar-refractivity contribution < 1.29 is 9.53 Å². The van der Waals surface area contributed by atoms with E-state index in [0.717, 1.165) is 42.5 Å². The Morgan fingerprint density at radius 3 is 1.66 bits per heavy atom. The lowest BCUT2D eigenvalue weighted by molar-refractivity contribution is -0.150. The molecule has 1 aliphatic rings. The van der Waals surface area contributed by atoms with Crippen LogP contribution in [0, 0.1) is 0 Å². The first-order valence-electron chi connectivity index (χ1n) is 10.3. The largest absolute Gasteiger partial charge is 0.468 e. The number of rotatable bonds is 5. The Kier molecular flexibility index (Phi) is 5.77. The van der Waals surface area contributed by atoms with Crippen molar-refractivity contribution in [1.29, 1.82) is 0 Å². The second kappa shape index (κ2) is 8.62. The monoisotopic (exact) mass is 385 g/mol. The molecular formula is C26H27NO2. The van der Waals surface area contributed by atoms with Gasteiger partial charge >= 0.3 is 5.97 Å². The van der Waals surface area contributed by atoms with E-state index in [0.29, 0.717) is 0 Å². The van der Waals surface area contributed by atoms with Crippen LogP contribution in [0.1, 0.15) is 36.0 Å². The highest BCUT2D eigenvalue weighted by Crippen LogP contribution is 2.45. The van der Waals surface area contributed by atoms with Crippen molar-refractivity contribution in [3.8, 4) is 0 Å². The Labute approximate surface area is 172 Å². The van der Waals surface area contributed by atoms with E-state index in [2.05, 4.69) is 77.7 Å². The highest BCUT2D eigenvalue weighted by molar-refractivity contribution is 5.76. The van der Waals surface area contributed by atoms with Gasteiger partial charge in [0.05, 0.1) is 12.6 Å². The number of carbonyl (C=O) groups is 1. The van der Waals surface area contributed by atoms with Crippen molar-refractivity contribution in [3.63, 3.8) is 0 Å². The van der Waals surface area contributed by atoms with Gasteiger partial charge in [0.25, 0.3) is 0 Å².